The van der Waals surface area contributed by atoms with Crippen LogP contribution < -0.4 is 19.5 Å². The number of hydrogen-bond acceptors (Lipinski definition) is 6. The monoisotopic (exact) mass is 401 g/mol. The number of ether oxygens (including phenoxy) is 4. The zero-order chi connectivity index (χ0) is 21.1. The second-order valence-corrected chi connectivity index (χ2v) is 7.14. The smallest absolute Gasteiger partial charge is 0.337 e. The number of fused-ring (bicyclic) bond motifs is 3. The third-order valence-corrected chi connectivity index (χ3v) is 5.56. The molecule has 0 fully saturated rings. The number of rotatable bonds is 5. The number of hydrogen-bond donors (Lipinski definition) is 1. The number of amides is 1. The van der Waals surface area contributed by atoms with E-state index in [1.165, 1.54) is 14.0 Å². The lowest BCUT2D eigenvalue weighted by Gasteiger charge is -2.32. The molecule has 3 rings (SSSR count). The number of carbonyl (C=O) groups is 2. The molecule has 1 aromatic rings. The first-order chi connectivity index (χ1) is 13.9. The van der Waals surface area contributed by atoms with Gasteiger partial charge in [0.05, 0.1) is 34.0 Å². The van der Waals surface area contributed by atoms with Gasteiger partial charge in [-0.2, -0.15) is 0 Å². The van der Waals surface area contributed by atoms with E-state index in [1.54, 1.807) is 27.4 Å². The minimum absolute atomic E-state index is 0.104. The van der Waals surface area contributed by atoms with Gasteiger partial charge in [-0.05, 0) is 24.5 Å². The van der Waals surface area contributed by atoms with Crippen molar-refractivity contribution in [2.24, 2.45) is 5.92 Å². The zero-order valence-electron chi connectivity index (χ0n) is 17.4. The molecule has 1 amide bonds. The topological polar surface area (TPSA) is 83.1 Å². The summed E-state index contributed by atoms with van der Waals surface area (Å²) in [6.45, 7) is 1.50. The Morgan fingerprint density at radius 1 is 1.07 bits per heavy atom. The van der Waals surface area contributed by atoms with Crippen LogP contribution in [0.5, 0.6) is 17.2 Å². The summed E-state index contributed by atoms with van der Waals surface area (Å²) in [5.41, 5.74) is 2.54. The lowest BCUT2D eigenvalue weighted by Crippen LogP contribution is -2.40. The van der Waals surface area contributed by atoms with Gasteiger partial charge in [0.1, 0.15) is 0 Å². The largest absolute Gasteiger partial charge is 0.493 e. The number of nitrogens with one attached hydrogen (secondary N) is 1. The Kier molecular flexibility index (Phi) is 6.15. The van der Waals surface area contributed by atoms with Crippen LogP contribution in [0.4, 0.5) is 0 Å². The highest BCUT2D eigenvalue weighted by Crippen LogP contribution is 2.50. The van der Waals surface area contributed by atoms with Crippen LogP contribution in [-0.4, -0.2) is 46.4 Å². The van der Waals surface area contributed by atoms with Gasteiger partial charge in [0, 0.05) is 30.4 Å². The van der Waals surface area contributed by atoms with E-state index >= 15 is 0 Å². The number of allylic oxidation sites excluding steroid dienone is 1. The fraction of sp³-hybridized carbons (Fsp3) is 0.455. The van der Waals surface area contributed by atoms with Crippen molar-refractivity contribution in [2.75, 3.05) is 28.4 Å². The average Bonchev–Trinajstić information content (AvgIpc) is 2.87. The molecule has 0 aromatic heterocycles. The minimum Gasteiger partial charge on any atom is -0.493 e. The molecule has 0 radical (unpaired) electrons. The highest BCUT2D eigenvalue weighted by Gasteiger charge is 2.38. The SMILES string of the molecule is COC(=O)C1=CC2C(C=C1)c1c(cc(OC)c(OC)c1OC)CC[C@@H]2NC(C)=O. The first-order valence-electron chi connectivity index (χ1n) is 9.52. The van der Waals surface area contributed by atoms with Crippen LogP contribution >= 0.6 is 0 Å². The summed E-state index contributed by atoms with van der Waals surface area (Å²) in [4.78, 5) is 24.0. The van der Waals surface area contributed by atoms with E-state index < -0.39 is 5.97 Å². The highest BCUT2D eigenvalue weighted by atomic mass is 16.5. The third-order valence-electron chi connectivity index (χ3n) is 5.56. The van der Waals surface area contributed by atoms with Gasteiger partial charge in [-0.15, -0.1) is 0 Å². The molecule has 2 aliphatic rings. The van der Waals surface area contributed by atoms with Crippen molar-refractivity contribution in [3.8, 4) is 17.2 Å². The minimum atomic E-state index is -0.398. The Morgan fingerprint density at radius 2 is 1.79 bits per heavy atom. The fourth-order valence-corrected chi connectivity index (χ4v) is 4.35. The van der Waals surface area contributed by atoms with E-state index in [9.17, 15) is 9.59 Å². The van der Waals surface area contributed by atoms with Gasteiger partial charge in [0.2, 0.25) is 11.7 Å². The number of methoxy groups -OCH3 is 4. The van der Waals surface area contributed by atoms with Gasteiger partial charge in [0.15, 0.2) is 11.5 Å². The summed E-state index contributed by atoms with van der Waals surface area (Å²) in [5.74, 6) is 0.998. The molecule has 0 spiro atoms. The molecular formula is C22H27NO6. The maximum Gasteiger partial charge on any atom is 0.337 e. The molecule has 7 heteroatoms. The number of esters is 1. The molecule has 0 heterocycles. The number of aryl methyl sites for hydroxylation is 1. The zero-order valence-corrected chi connectivity index (χ0v) is 17.4. The summed E-state index contributed by atoms with van der Waals surface area (Å²) in [6, 6.07) is 1.83. The molecule has 0 saturated heterocycles. The average molecular weight is 401 g/mol. The predicted molar refractivity (Wildman–Crippen MR) is 107 cm³/mol. The van der Waals surface area contributed by atoms with E-state index in [-0.39, 0.29) is 23.8 Å². The third kappa shape index (κ3) is 3.81. The normalized spacial score (nSPS) is 22.4. The van der Waals surface area contributed by atoms with E-state index in [4.69, 9.17) is 18.9 Å². The maximum atomic E-state index is 12.1. The van der Waals surface area contributed by atoms with Crippen LogP contribution in [0.2, 0.25) is 0 Å². The molecule has 156 valence electrons. The predicted octanol–water partition coefficient (Wildman–Crippen LogP) is 2.53. The van der Waals surface area contributed by atoms with E-state index in [1.807, 2.05) is 18.2 Å². The van der Waals surface area contributed by atoms with Gasteiger partial charge in [-0.3, -0.25) is 4.79 Å². The maximum absolute atomic E-state index is 12.1. The molecule has 2 aliphatic carbocycles. The summed E-state index contributed by atoms with van der Waals surface area (Å²) in [7, 11) is 6.13. The van der Waals surface area contributed by atoms with Crippen molar-refractivity contribution < 1.29 is 28.5 Å². The van der Waals surface area contributed by atoms with Crippen LogP contribution in [-0.2, 0) is 20.7 Å². The Hall–Kier alpha value is -2.96. The van der Waals surface area contributed by atoms with Crippen LogP contribution in [0.3, 0.4) is 0 Å². The molecule has 0 saturated carbocycles. The molecule has 7 nitrogen and oxygen atoms in total. The van der Waals surface area contributed by atoms with Crippen LogP contribution in [0.1, 0.15) is 30.4 Å². The standard InChI is InChI=1S/C22H27NO6/c1-12(24)23-17-9-7-13-11-18(26-2)20(27-3)21(28-4)19(13)15-8-6-14(10-16(15)17)22(25)29-5/h6,8,10-11,15-17H,7,9H2,1-5H3,(H,23,24)/t15?,16?,17-/m0/s1. The second-order valence-electron chi connectivity index (χ2n) is 7.14. The molecule has 0 aliphatic heterocycles. The second kappa shape index (κ2) is 8.59. The van der Waals surface area contributed by atoms with Crippen LogP contribution in [0.25, 0.3) is 0 Å². The summed E-state index contributed by atoms with van der Waals surface area (Å²) in [6.07, 6.45) is 7.07. The summed E-state index contributed by atoms with van der Waals surface area (Å²) < 4.78 is 21.7. The van der Waals surface area contributed by atoms with Crippen LogP contribution in [0, 0.1) is 5.92 Å². The van der Waals surface area contributed by atoms with Crippen molar-refractivity contribution in [2.45, 2.75) is 31.7 Å². The molecule has 1 N–H and O–H groups in total. The first kappa shape index (κ1) is 20.8. The van der Waals surface area contributed by atoms with Crippen molar-refractivity contribution in [3.63, 3.8) is 0 Å². The lowest BCUT2D eigenvalue weighted by atomic mass is 9.77. The van der Waals surface area contributed by atoms with Crippen molar-refractivity contribution in [3.05, 3.63) is 41.0 Å². The number of benzene rings is 1. The van der Waals surface area contributed by atoms with E-state index in [0.717, 1.165) is 17.5 Å². The lowest BCUT2D eigenvalue weighted by molar-refractivity contribution is -0.135. The molecule has 3 atom stereocenters. The molecule has 2 unspecified atom stereocenters. The van der Waals surface area contributed by atoms with Gasteiger partial charge in [-0.1, -0.05) is 18.2 Å². The molecule has 1 aromatic carbocycles. The van der Waals surface area contributed by atoms with E-state index in [0.29, 0.717) is 29.2 Å². The Balaban J connectivity index is 2.19. The summed E-state index contributed by atoms with van der Waals surface area (Å²) >= 11 is 0. The van der Waals surface area contributed by atoms with E-state index in [2.05, 4.69) is 5.32 Å². The first-order valence-corrected chi connectivity index (χ1v) is 9.52. The highest BCUT2D eigenvalue weighted by molar-refractivity contribution is 5.92. The van der Waals surface area contributed by atoms with Gasteiger partial charge < -0.3 is 24.3 Å². The number of carbonyl (C=O) groups excluding carboxylic acids is 2. The quantitative estimate of drug-likeness (QED) is 0.764. The molecule has 29 heavy (non-hydrogen) atoms. The Labute approximate surface area is 170 Å². The van der Waals surface area contributed by atoms with Gasteiger partial charge in [0.25, 0.3) is 0 Å². The van der Waals surface area contributed by atoms with Gasteiger partial charge in [-0.25, -0.2) is 4.79 Å². The van der Waals surface area contributed by atoms with Gasteiger partial charge >= 0.3 is 5.97 Å². The fourth-order valence-electron chi connectivity index (χ4n) is 4.35. The van der Waals surface area contributed by atoms with Crippen molar-refractivity contribution in [1.82, 2.24) is 5.32 Å². The Morgan fingerprint density at radius 3 is 2.38 bits per heavy atom. The van der Waals surface area contributed by atoms with Crippen LogP contribution in [0.15, 0.2) is 29.9 Å². The molecular weight excluding hydrogens is 374 g/mol. The molecule has 0 bridgehead atoms. The summed E-state index contributed by atoms with van der Waals surface area (Å²) in [5, 5.41) is 3.06. The van der Waals surface area contributed by atoms with Crippen molar-refractivity contribution in [1.29, 1.82) is 0 Å². The van der Waals surface area contributed by atoms with Crippen molar-refractivity contribution >= 4 is 11.9 Å². The Bertz CT molecular complexity index is 873.